The van der Waals surface area contributed by atoms with Crippen molar-refractivity contribution in [2.45, 2.75) is 20.4 Å². The number of hydrogen-bond acceptors (Lipinski definition) is 3. The molecular weight excluding hydrogens is 330 g/mol. The minimum atomic E-state index is -1.00. The number of rotatable bonds is 3. The van der Waals surface area contributed by atoms with Gasteiger partial charge in [0, 0.05) is 26.5 Å². The zero-order chi connectivity index (χ0) is 14.2. The van der Waals surface area contributed by atoms with Gasteiger partial charge >= 0.3 is 5.97 Å². The molecule has 0 aliphatic heterocycles. The molecule has 0 saturated carbocycles. The molecule has 2 heterocycles. The van der Waals surface area contributed by atoms with Crippen LogP contribution in [0.15, 0.2) is 26.8 Å². The lowest BCUT2D eigenvalue weighted by atomic mass is 10.1. The number of nitrogens with zero attached hydrogens (tertiary/aromatic N) is 1. The van der Waals surface area contributed by atoms with Gasteiger partial charge in [-0.2, -0.15) is 0 Å². The van der Waals surface area contributed by atoms with Crippen molar-refractivity contribution in [3.8, 4) is 0 Å². The van der Waals surface area contributed by atoms with E-state index in [1.807, 2.05) is 11.4 Å². The summed E-state index contributed by atoms with van der Waals surface area (Å²) in [6.07, 6.45) is 0. The summed E-state index contributed by atoms with van der Waals surface area (Å²) in [4.78, 5) is 24.2. The van der Waals surface area contributed by atoms with Crippen molar-refractivity contribution >= 4 is 33.2 Å². The second-order valence-electron chi connectivity index (χ2n) is 4.25. The average Bonchev–Trinajstić information content (AvgIpc) is 2.69. The zero-order valence-electron chi connectivity index (χ0n) is 10.4. The van der Waals surface area contributed by atoms with E-state index in [1.165, 1.54) is 22.0 Å². The molecule has 0 saturated heterocycles. The third kappa shape index (κ3) is 2.79. The maximum Gasteiger partial charge on any atom is 0.337 e. The van der Waals surface area contributed by atoms with Crippen LogP contribution < -0.4 is 5.56 Å². The molecule has 4 nitrogen and oxygen atoms in total. The second-order valence-corrected chi connectivity index (χ2v) is 6.16. The number of pyridine rings is 1. The van der Waals surface area contributed by atoms with Gasteiger partial charge in [-0.15, -0.1) is 11.3 Å². The summed E-state index contributed by atoms with van der Waals surface area (Å²) in [5, 5.41) is 11.1. The Morgan fingerprint density at radius 3 is 2.63 bits per heavy atom. The molecule has 0 fully saturated rings. The first kappa shape index (κ1) is 14.0. The highest BCUT2D eigenvalue weighted by Gasteiger charge is 2.16. The van der Waals surface area contributed by atoms with E-state index < -0.39 is 5.97 Å². The predicted octanol–water partition coefficient (Wildman–Crippen LogP) is 3.04. The fraction of sp³-hybridized carbons (Fsp3) is 0.231. The van der Waals surface area contributed by atoms with Crippen LogP contribution in [0.1, 0.15) is 26.5 Å². The van der Waals surface area contributed by atoms with Gasteiger partial charge in [-0.3, -0.25) is 4.79 Å². The maximum atomic E-state index is 12.0. The highest BCUT2D eigenvalue weighted by atomic mass is 79.9. The Hall–Kier alpha value is -1.40. The summed E-state index contributed by atoms with van der Waals surface area (Å²) >= 11 is 4.89. The third-order valence-electron chi connectivity index (χ3n) is 2.92. The molecule has 100 valence electrons. The topological polar surface area (TPSA) is 59.3 Å². The smallest absolute Gasteiger partial charge is 0.337 e. The quantitative estimate of drug-likeness (QED) is 0.933. The molecule has 2 rings (SSSR count). The molecule has 19 heavy (non-hydrogen) atoms. The van der Waals surface area contributed by atoms with Gasteiger partial charge < -0.3 is 9.67 Å². The lowest BCUT2D eigenvalue weighted by Crippen LogP contribution is -2.25. The van der Waals surface area contributed by atoms with E-state index >= 15 is 0 Å². The molecule has 0 aliphatic rings. The standard InChI is InChI=1S/C13H12BrNO3S/c1-7-3-11(16)15(8(2)12(7)13(17)18)5-10-4-9(14)6-19-10/h3-4,6H,5H2,1-2H3,(H,17,18). The number of thiophene rings is 1. The van der Waals surface area contributed by atoms with Crippen LogP contribution in [0.3, 0.4) is 0 Å². The minimum absolute atomic E-state index is 0.176. The van der Waals surface area contributed by atoms with Crippen LogP contribution >= 0.6 is 27.3 Å². The summed E-state index contributed by atoms with van der Waals surface area (Å²) in [5.74, 6) is -1.00. The summed E-state index contributed by atoms with van der Waals surface area (Å²) in [7, 11) is 0. The number of carboxylic acids is 1. The van der Waals surface area contributed by atoms with Gasteiger partial charge in [-0.05, 0) is 41.4 Å². The molecule has 0 radical (unpaired) electrons. The van der Waals surface area contributed by atoms with Gasteiger partial charge in [0.1, 0.15) is 0 Å². The van der Waals surface area contributed by atoms with Crippen LogP contribution in [-0.4, -0.2) is 15.6 Å². The predicted molar refractivity (Wildman–Crippen MR) is 78.3 cm³/mol. The highest BCUT2D eigenvalue weighted by molar-refractivity contribution is 9.10. The van der Waals surface area contributed by atoms with Gasteiger partial charge in [0.15, 0.2) is 0 Å². The van der Waals surface area contributed by atoms with Gasteiger partial charge in [-0.25, -0.2) is 4.79 Å². The Morgan fingerprint density at radius 1 is 1.42 bits per heavy atom. The number of aromatic carboxylic acids is 1. The lowest BCUT2D eigenvalue weighted by Gasteiger charge is -2.13. The van der Waals surface area contributed by atoms with Gasteiger partial charge in [-0.1, -0.05) is 0 Å². The fourth-order valence-corrected chi connectivity index (χ4v) is 3.47. The molecule has 0 amide bonds. The minimum Gasteiger partial charge on any atom is -0.478 e. The van der Waals surface area contributed by atoms with E-state index in [4.69, 9.17) is 0 Å². The molecule has 1 N–H and O–H groups in total. The van der Waals surface area contributed by atoms with Crippen molar-refractivity contribution in [3.63, 3.8) is 0 Å². The van der Waals surface area contributed by atoms with Crippen LogP contribution in [0.4, 0.5) is 0 Å². The van der Waals surface area contributed by atoms with Crippen molar-refractivity contribution in [2.24, 2.45) is 0 Å². The van der Waals surface area contributed by atoms with Gasteiger partial charge in [0.05, 0.1) is 12.1 Å². The van der Waals surface area contributed by atoms with E-state index in [2.05, 4.69) is 15.9 Å². The molecule has 0 bridgehead atoms. The van der Waals surface area contributed by atoms with E-state index in [0.29, 0.717) is 17.8 Å². The Bertz CT molecular complexity index is 702. The van der Waals surface area contributed by atoms with Crippen LogP contribution in [0, 0.1) is 13.8 Å². The number of hydrogen-bond donors (Lipinski definition) is 1. The van der Waals surface area contributed by atoms with E-state index in [1.54, 1.807) is 13.8 Å². The summed E-state index contributed by atoms with van der Waals surface area (Å²) < 4.78 is 2.46. The van der Waals surface area contributed by atoms with Crippen molar-refractivity contribution in [3.05, 3.63) is 54.0 Å². The van der Waals surface area contributed by atoms with Crippen LogP contribution in [0.25, 0.3) is 0 Å². The maximum absolute atomic E-state index is 12.0. The molecule has 0 atom stereocenters. The van der Waals surface area contributed by atoms with E-state index in [0.717, 1.165) is 9.35 Å². The van der Waals surface area contributed by atoms with E-state index in [9.17, 15) is 14.7 Å². The molecular formula is C13H12BrNO3S. The second kappa shape index (κ2) is 5.30. The number of aryl methyl sites for hydroxylation is 1. The summed E-state index contributed by atoms with van der Waals surface area (Å²) in [6, 6.07) is 3.30. The molecule has 0 aromatic carbocycles. The number of carbonyl (C=O) groups is 1. The molecule has 0 spiro atoms. The average molecular weight is 342 g/mol. The number of aromatic nitrogens is 1. The van der Waals surface area contributed by atoms with Crippen molar-refractivity contribution in [1.29, 1.82) is 0 Å². The molecule has 0 unspecified atom stereocenters. The van der Waals surface area contributed by atoms with Crippen molar-refractivity contribution in [2.75, 3.05) is 0 Å². The molecule has 2 aromatic heterocycles. The number of carboxylic acid groups (broad SMARTS) is 1. The summed E-state index contributed by atoms with van der Waals surface area (Å²) in [6.45, 7) is 3.70. The van der Waals surface area contributed by atoms with Crippen molar-refractivity contribution < 1.29 is 9.90 Å². The Kier molecular flexibility index (Phi) is 3.91. The first-order valence-electron chi connectivity index (χ1n) is 5.57. The fourth-order valence-electron chi connectivity index (χ4n) is 2.03. The molecule has 6 heteroatoms. The third-order valence-corrected chi connectivity index (χ3v) is 4.60. The van der Waals surface area contributed by atoms with Crippen molar-refractivity contribution in [1.82, 2.24) is 4.57 Å². The molecule has 0 aliphatic carbocycles. The highest BCUT2D eigenvalue weighted by Crippen LogP contribution is 2.21. The van der Waals surface area contributed by atoms with Gasteiger partial charge in [0.25, 0.3) is 5.56 Å². The monoisotopic (exact) mass is 341 g/mol. The Labute approximate surface area is 122 Å². The van der Waals surface area contributed by atoms with Crippen LogP contribution in [0.2, 0.25) is 0 Å². The summed E-state index contributed by atoms with van der Waals surface area (Å²) in [5.41, 5.74) is 1.01. The lowest BCUT2D eigenvalue weighted by molar-refractivity contribution is 0.0694. The van der Waals surface area contributed by atoms with Crippen LogP contribution in [0.5, 0.6) is 0 Å². The normalized spacial score (nSPS) is 10.7. The SMILES string of the molecule is Cc1cc(=O)n(Cc2cc(Br)cs2)c(C)c1C(=O)O. The first-order valence-corrected chi connectivity index (χ1v) is 7.24. The van der Waals surface area contributed by atoms with E-state index in [-0.39, 0.29) is 11.1 Å². The first-order chi connectivity index (χ1) is 8.90. The zero-order valence-corrected chi connectivity index (χ0v) is 12.8. The Morgan fingerprint density at radius 2 is 2.11 bits per heavy atom. The number of halogens is 1. The molecule has 2 aromatic rings. The van der Waals surface area contributed by atoms with Crippen LogP contribution in [-0.2, 0) is 6.54 Å². The Balaban J connectivity index is 2.54. The largest absolute Gasteiger partial charge is 0.478 e. The van der Waals surface area contributed by atoms with Gasteiger partial charge in [0.2, 0.25) is 0 Å².